The fourth-order valence-corrected chi connectivity index (χ4v) is 3.32. The number of carbonyl (C=O) groups is 2. The molecule has 0 radical (unpaired) electrons. The Hall–Kier alpha value is -2.54. The second-order valence-corrected chi connectivity index (χ2v) is 9.56. The van der Waals surface area contributed by atoms with E-state index in [1.165, 1.54) is 4.90 Å². The number of unbranched alkanes of at least 4 members (excludes halogenated alkanes) is 2. The van der Waals surface area contributed by atoms with Gasteiger partial charge in [-0.3, -0.25) is 9.59 Å². The van der Waals surface area contributed by atoms with Crippen molar-refractivity contribution in [2.75, 3.05) is 25.5 Å². The van der Waals surface area contributed by atoms with Crippen molar-refractivity contribution in [3.63, 3.8) is 0 Å². The molecule has 1 aromatic heterocycles. The number of amides is 2. The Morgan fingerprint density at radius 1 is 1.22 bits per heavy atom. The molecule has 0 fully saturated rings. The van der Waals surface area contributed by atoms with Crippen molar-refractivity contribution in [3.8, 4) is 11.4 Å². The maximum atomic E-state index is 12.9. The van der Waals surface area contributed by atoms with Gasteiger partial charge in [0.2, 0.25) is 11.8 Å². The van der Waals surface area contributed by atoms with E-state index in [9.17, 15) is 9.59 Å². The third-order valence-corrected chi connectivity index (χ3v) is 5.27. The molecule has 7 nitrogen and oxygen atoms in total. The first kappa shape index (κ1) is 25.7. The van der Waals surface area contributed by atoms with Gasteiger partial charge in [0, 0.05) is 18.0 Å². The molecule has 176 valence electrons. The summed E-state index contributed by atoms with van der Waals surface area (Å²) in [6.07, 6.45) is 2.85. The Bertz CT molecular complexity index is 901. The Labute approximate surface area is 196 Å². The molecular weight excluding hydrogens is 428 g/mol. The number of alkyl halides is 1. The van der Waals surface area contributed by atoms with Crippen LogP contribution < -0.4 is 10.1 Å². The molecule has 1 heterocycles. The molecule has 1 aromatic carbocycles. The zero-order valence-electron chi connectivity index (χ0n) is 19.9. The molecule has 0 saturated heterocycles. The van der Waals surface area contributed by atoms with E-state index in [2.05, 4.69) is 33.0 Å². The van der Waals surface area contributed by atoms with Gasteiger partial charge >= 0.3 is 0 Å². The number of anilines is 1. The number of aromatic nitrogens is 2. The van der Waals surface area contributed by atoms with E-state index in [-0.39, 0.29) is 23.8 Å². The molecule has 2 aromatic rings. The van der Waals surface area contributed by atoms with Gasteiger partial charge in [0.1, 0.15) is 16.9 Å². The minimum atomic E-state index is -0.679. The zero-order chi connectivity index (χ0) is 23.9. The Balaban J connectivity index is 2.27. The van der Waals surface area contributed by atoms with Crippen molar-refractivity contribution in [2.24, 2.45) is 0 Å². The second-order valence-electron chi connectivity index (χ2n) is 8.91. The molecule has 1 atom stereocenters. The smallest absolute Gasteiger partial charge is 0.245 e. The molecule has 8 heteroatoms. The minimum Gasteiger partial charge on any atom is -0.497 e. The van der Waals surface area contributed by atoms with Crippen LogP contribution in [0.25, 0.3) is 5.69 Å². The van der Waals surface area contributed by atoms with Crippen LogP contribution in [0.4, 0.5) is 5.82 Å². The number of methoxy groups -OCH3 is 1. The summed E-state index contributed by atoms with van der Waals surface area (Å²) in [6.45, 7) is 10.4. The average molecular weight is 463 g/mol. The van der Waals surface area contributed by atoms with Crippen LogP contribution in [-0.2, 0) is 15.0 Å². The number of benzene rings is 1. The molecule has 0 aliphatic heterocycles. The fraction of sp³-hybridized carbons (Fsp3) is 0.542. The summed E-state index contributed by atoms with van der Waals surface area (Å²) in [7, 11) is 1.61. The third kappa shape index (κ3) is 6.99. The minimum absolute atomic E-state index is 0.0573. The van der Waals surface area contributed by atoms with E-state index >= 15 is 0 Å². The Kier molecular flexibility index (Phi) is 9.13. The highest BCUT2D eigenvalue weighted by molar-refractivity contribution is 6.30. The van der Waals surface area contributed by atoms with Gasteiger partial charge in [0.25, 0.3) is 0 Å². The van der Waals surface area contributed by atoms with E-state index in [0.29, 0.717) is 12.4 Å². The van der Waals surface area contributed by atoms with Gasteiger partial charge in [0.05, 0.1) is 25.0 Å². The Morgan fingerprint density at radius 3 is 2.41 bits per heavy atom. The molecule has 2 amide bonds. The predicted octanol–water partition coefficient (Wildman–Crippen LogP) is 4.76. The lowest BCUT2D eigenvalue weighted by molar-refractivity contribution is -0.134. The molecule has 32 heavy (non-hydrogen) atoms. The van der Waals surface area contributed by atoms with Crippen LogP contribution in [0.2, 0.25) is 0 Å². The zero-order valence-corrected chi connectivity index (χ0v) is 20.7. The number of carbonyl (C=O) groups excluding carboxylic acids is 2. The molecular formula is C24H35ClN4O3. The molecule has 0 bridgehead atoms. The van der Waals surface area contributed by atoms with Gasteiger partial charge in [-0.1, -0.05) is 40.5 Å². The molecule has 2 rings (SSSR count). The van der Waals surface area contributed by atoms with Crippen molar-refractivity contribution in [1.29, 1.82) is 0 Å². The van der Waals surface area contributed by atoms with E-state index in [0.717, 1.165) is 36.4 Å². The maximum absolute atomic E-state index is 12.9. The van der Waals surface area contributed by atoms with Crippen molar-refractivity contribution in [1.82, 2.24) is 14.7 Å². The number of hydrogen-bond acceptors (Lipinski definition) is 4. The summed E-state index contributed by atoms with van der Waals surface area (Å²) >= 11 is 6.02. The quantitative estimate of drug-likeness (QED) is 0.408. The summed E-state index contributed by atoms with van der Waals surface area (Å²) in [5.74, 6) is 0.753. The lowest BCUT2D eigenvalue weighted by Gasteiger charge is -2.23. The van der Waals surface area contributed by atoms with Gasteiger partial charge in [-0.05, 0) is 37.6 Å². The van der Waals surface area contributed by atoms with Crippen LogP contribution >= 0.6 is 11.6 Å². The van der Waals surface area contributed by atoms with E-state index in [1.807, 2.05) is 30.3 Å². The van der Waals surface area contributed by atoms with Crippen LogP contribution in [-0.4, -0.2) is 52.1 Å². The lowest BCUT2D eigenvalue weighted by atomic mass is 9.92. The van der Waals surface area contributed by atoms with Crippen molar-refractivity contribution in [3.05, 3.63) is 36.0 Å². The van der Waals surface area contributed by atoms with Gasteiger partial charge in [0.15, 0.2) is 0 Å². The third-order valence-electron chi connectivity index (χ3n) is 5.08. The topological polar surface area (TPSA) is 76.5 Å². The van der Waals surface area contributed by atoms with Crippen LogP contribution in [0, 0.1) is 0 Å². The van der Waals surface area contributed by atoms with Gasteiger partial charge in [-0.25, -0.2) is 4.68 Å². The average Bonchev–Trinajstić information content (AvgIpc) is 3.16. The number of rotatable bonds is 10. The number of hydrogen-bond donors (Lipinski definition) is 1. The Morgan fingerprint density at radius 2 is 1.88 bits per heavy atom. The largest absolute Gasteiger partial charge is 0.497 e. The summed E-state index contributed by atoms with van der Waals surface area (Å²) in [6, 6.07) is 9.31. The first-order chi connectivity index (χ1) is 15.1. The van der Waals surface area contributed by atoms with Crippen molar-refractivity contribution >= 4 is 29.2 Å². The molecule has 0 aliphatic carbocycles. The first-order valence-corrected chi connectivity index (χ1v) is 11.5. The fourth-order valence-electron chi connectivity index (χ4n) is 3.18. The van der Waals surface area contributed by atoms with E-state index in [1.54, 1.807) is 18.7 Å². The summed E-state index contributed by atoms with van der Waals surface area (Å²) in [5, 5.41) is 6.98. The highest BCUT2D eigenvalue weighted by Gasteiger charge is 2.24. The normalized spacial score (nSPS) is 12.3. The van der Waals surface area contributed by atoms with Crippen LogP contribution in [0.15, 0.2) is 30.3 Å². The first-order valence-electron chi connectivity index (χ1n) is 11.0. The van der Waals surface area contributed by atoms with Gasteiger partial charge in [-0.15, -0.1) is 11.6 Å². The van der Waals surface area contributed by atoms with Crippen molar-refractivity contribution < 1.29 is 14.3 Å². The van der Waals surface area contributed by atoms with Gasteiger partial charge in [-0.2, -0.15) is 5.10 Å². The monoisotopic (exact) mass is 462 g/mol. The number of halogens is 1. The second kappa shape index (κ2) is 11.4. The molecule has 0 saturated carbocycles. The summed E-state index contributed by atoms with van der Waals surface area (Å²) < 4.78 is 6.94. The molecule has 0 aliphatic rings. The standard InChI is InChI=1S/C24H35ClN4O3/c1-7-8-9-14-28(23(31)17(2)25)16-22(30)26-21-15-20(24(3,4)5)27-29(21)18-10-12-19(32-6)13-11-18/h10-13,15,17H,7-9,14,16H2,1-6H3,(H,26,30). The molecule has 1 N–H and O–H groups in total. The summed E-state index contributed by atoms with van der Waals surface area (Å²) in [5.41, 5.74) is 1.43. The maximum Gasteiger partial charge on any atom is 0.245 e. The number of nitrogens with zero attached hydrogens (tertiary/aromatic N) is 3. The van der Waals surface area contributed by atoms with Crippen LogP contribution in [0.3, 0.4) is 0 Å². The number of ether oxygens (including phenoxy) is 1. The molecule has 1 unspecified atom stereocenters. The van der Waals surface area contributed by atoms with E-state index < -0.39 is 5.38 Å². The summed E-state index contributed by atoms with van der Waals surface area (Å²) in [4.78, 5) is 26.9. The van der Waals surface area contributed by atoms with Crippen LogP contribution in [0.5, 0.6) is 5.75 Å². The SMILES string of the molecule is CCCCCN(CC(=O)Nc1cc(C(C)(C)C)nn1-c1ccc(OC)cc1)C(=O)C(C)Cl. The predicted molar refractivity (Wildman–Crippen MR) is 129 cm³/mol. The molecule has 0 spiro atoms. The van der Waals surface area contributed by atoms with Crippen molar-refractivity contribution in [2.45, 2.75) is 64.7 Å². The number of nitrogens with one attached hydrogen (secondary N) is 1. The highest BCUT2D eigenvalue weighted by atomic mass is 35.5. The van der Waals surface area contributed by atoms with Crippen LogP contribution in [0.1, 0.15) is 59.6 Å². The van der Waals surface area contributed by atoms with E-state index in [4.69, 9.17) is 21.4 Å². The highest BCUT2D eigenvalue weighted by Crippen LogP contribution is 2.27. The van der Waals surface area contributed by atoms with Gasteiger partial charge < -0.3 is 15.0 Å². The lowest BCUT2D eigenvalue weighted by Crippen LogP contribution is -2.41.